The summed E-state index contributed by atoms with van der Waals surface area (Å²) in [5, 5.41) is 0. The number of ether oxygens (including phenoxy) is 1. The van der Waals surface area contributed by atoms with Gasteiger partial charge in [-0.05, 0) is 35.9 Å². The van der Waals surface area contributed by atoms with Gasteiger partial charge in [-0.2, -0.15) is 0 Å². The van der Waals surface area contributed by atoms with Crippen LogP contribution in [-0.4, -0.2) is 5.91 Å². The molecule has 0 aliphatic carbocycles. The summed E-state index contributed by atoms with van der Waals surface area (Å²) < 4.78 is 5.95. The molecule has 0 heterocycles. The van der Waals surface area contributed by atoms with Gasteiger partial charge in [0.05, 0.1) is 0 Å². The first-order valence-electron chi connectivity index (χ1n) is 6.96. The lowest BCUT2D eigenvalue weighted by Gasteiger charge is -2.12. The number of amides is 1. The second kappa shape index (κ2) is 6.14. The monoisotopic (exact) mass is 289 g/mol. The number of carbonyl (C=O) groups excluding carboxylic acids is 1. The van der Waals surface area contributed by atoms with Crippen molar-refractivity contribution in [1.29, 1.82) is 0 Å². The number of hydrogen-bond acceptors (Lipinski definition) is 2. The Morgan fingerprint density at radius 1 is 0.818 bits per heavy atom. The van der Waals surface area contributed by atoms with Crippen LogP contribution in [0.2, 0.25) is 0 Å². The number of para-hydroxylation sites is 1. The van der Waals surface area contributed by atoms with Crippen LogP contribution in [0.15, 0.2) is 78.9 Å². The average molecular weight is 289 g/mol. The van der Waals surface area contributed by atoms with Crippen LogP contribution >= 0.6 is 0 Å². The molecule has 0 radical (unpaired) electrons. The van der Waals surface area contributed by atoms with Gasteiger partial charge in [0, 0.05) is 11.1 Å². The molecule has 0 atom stereocenters. The van der Waals surface area contributed by atoms with Gasteiger partial charge in [0.2, 0.25) is 5.91 Å². The van der Waals surface area contributed by atoms with Crippen LogP contribution in [0.3, 0.4) is 0 Å². The van der Waals surface area contributed by atoms with Crippen molar-refractivity contribution >= 4 is 5.91 Å². The zero-order chi connectivity index (χ0) is 15.4. The molecule has 3 nitrogen and oxygen atoms in total. The maximum Gasteiger partial charge on any atom is 0.248 e. The molecule has 3 rings (SSSR count). The molecule has 0 spiro atoms. The lowest BCUT2D eigenvalue weighted by molar-refractivity contribution is 0.1000. The van der Waals surface area contributed by atoms with Crippen LogP contribution in [0.5, 0.6) is 11.5 Å². The molecule has 108 valence electrons. The Morgan fingerprint density at radius 3 is 2.09 bits per heavy atom. The lowest BCUT2D eigenvalue weighted by atomic mass is 10.0. The summed E-state index contributed by atoms with van der Waals surface area (Å²) in [6, 6.07) is 24.6. The van der Waals surface area contributed by atoms with Gasteiger partial charge in [0.1, 0.15) is 11.5 Å². The van der Waals surface area contributed by atoms with E-state index in [-0.39, 0.29) is 0 Å². The van der Waals surface area contributed by atoms with Crippen LogP contribution < -0.4 is 10.5 Å². The molecule has 2 N–H and O–H groups in total. The molecular weight excluding hydrogens is 274 g/mol. The first-order chi connectivity index (χ1) is 10.7. The van der Waals surface area contributed by atoms with E-state index in [1.165, 1.54) is 0 Å². The van der Waals surface area contributed by atoms with Gasteiger partial charge in [0.25, 0.3) is 0 Å². The van der Waals surface area contributed by atoms with Crippen molar-refractivity contribution in [3.63, 3.8) is 0 Å². The minimum Gasteiger partial charge on any atom is -0.457 e. The van der Waals surface area contributed by atoms with Gasteiger partial charge in [0.15, 0.2) is 0 Å². The molecule has 0 aliphatic heterocycles. The molecule has 3 aromatic rings. The maximum absolute atomic E-state index is 11.4. The molecule has 22 heavy (non-hydrogen) atoms. The number of rotatable bonds is 4. The molecular formula is C19H15NO2. The number of benzene rings is 3. The summed E-state index contributed by atoms with van der Waals surface area (Å²) in [5.74, 6) is 0.840. The minimum atomic E-state index is -0.475. The molecule has 3 heteroatoms. The van der Waals surface area contributed by atoms with E-state index in [4.69, 9.17) is 10.5 Å². The molecule has 0 fully saturated rings. The molecule has 0 saturated carbocycles. The second-order valence-corrected chi connectivity index (χ2v) is 4.86. The molecule has 0 aromatic heterocycles. The zero-order valence-electron chi connectivity index (χ0n) is 11.9. The number of hydrogen-bond donors (Lipinski definition) is 1. The van der Waals surface area contributed by atoms with Crippen molar-refractivity contribution in [2.24, 2.45) is 5.73 Å². The lowest BCUT2D eigenvalue weighted by Crippen LogP contribution is -2.10. The molecule has 0 bridgehead atoms. The van der Waals surface area contributed by atoms with Gasteiger partial charge in [-0.3, -0.25) is 4.79 Å². The van der Waals surface area contributed by atoms with E-state index >= 15 is 0 Å². The third kappa shape index (κ3) is 2.99. The van der Waals surface area contributed by atoms with E-state index in [0.29, 0.717) is 17.1 Å². The largest absolute Gasteiger partial charge is 0.457 e. The number of carbonyl (C=O) groups is 1. The molecule has 3 aromatic carbocycles. The third-order valence-electron chi connectivity index (χ3n) is 3.32. The fourth-order valence-electron chi connectivity index (χ4n) is 2.23. The van der Waals surface area contributed by atoms with Gasteiger partial charge in [-0.25, -0.2) is 0 Å². The van der Waals surface area contributed by atoms with Gasteiger partial charge < -0.3 is 10.5 Å². The van der Waals surface area contributed by atoms with Crippen molar-refractivity contribution in [3.05, 3.63) is 84.4 Å². The van der Waals surface area contributed by atoms with E-state index < -0.39 is 5.91 Å². The predicted molar refractivity (Wildman–Crippen MR) is 86.9 cm³/mol. The van der Waals surface area contributed by atoms with E-state index in [1.54, 1.807) is 12.1 Å². The van der Waals surface area contributed by atoms with Crippen molar-refractivity contribution in [3.8, 4) is 22.6 Å². The van der Waals surface area contributed by atoms with Crippen LogP contribution in [0.4, 0.5) is 0 Å². The fraction of sp³-hybridized carbons (Fsp3) is 0. The average Bonchev–Trinajstić information content (AvgIpc) is 2.56. The Morgan fingerprint density at radius 2 is 1.45 bits per heavy atom. The Balaban J connectivity index is 2.07. The summed E-state index contributed by atoms with van der Waals surface area (Å²) in [7, 11) is 0. The first kappa shape index (κ1) is 13.9. The Hall–Kier alpha value is -3.07. The highest BCUT2D eigenvalue weighted by Crippen LogP contribution is 2.34. The standard InChI is InChI=1S/C19H15NO2/c20-19(21)15-11-12-17(14-7-3-1-4-8-14)18(13-15)22-16-9-5-2-6-10-16/h1-13H,(H2,20,21). The highest BCUT2D eigenvalue weighted by atomic mass is 16.5. The summed E-state index contributed by atoms with van der Waals surface area (Å²) in [5.41, 5.74) is 7.72. The van der Waals surface area contributed by atoms with E-state index in [9.17, 15) is 4.79 Å². The topological polar surface area (TPSA) is 52.3 Å². The van der Waals surface area contributed by atoms with E-state index in [0.717, 1.165) is 11.1 Å². The van der Waals surface area contributed by atoms with Crippen molar-refractivity contribution in [1.82, 2.24) is 0 Å². The van der Waals surface area contributed by atoms with Crippen molar-refractivity contribution in [2.75, 3.05) is 0 Å². The highest BCUT2D eigenvalue weighted by molar-refractivity contribution is 5.94. The minimum absolute atomic E-state index is 0.422. The van der Waals surface area contributed by atoms with Crippen molar-refractivity contribution in [2.45, 2.75) is 0 Å². The number of nitrogens with two attached hydrogens (primary N) is 1. The number of primary amides is 1. The van der Waals surface area contributed by atoms with Crippen molar-refractivity contribution < 1.29 is 9.53 Å². The summed E-state index contributed by atoms with van der Waals surface area (Å²) in [6.07, 6.45) is 0. The first-order valence-corrected chi connectivity index (χ1v) is 6.96. The Labute approximate surface area is 129 Å². The normalized spacial score (nSPS) is 10.2. The van der Waals surface area contributed by atoms with E-state index in [2.05, 4.69) is 0 Å². The van der Waals surface area contributed by atoms with Crippen LogP contribution in [0.1, 0.15) is 10.4 Å². The fourth-order valence-corrected chi connectivity index (χ4v) is 2.23. The van der Waals surface area contributed by atoms with Crippen LogP contribution in [0.25, 0.3) is 11.1 Å². The summed E-state index contributed by atoms with van der Waals surface area (Å²) in [6.45, 7) is 0. The third-order valence-corrected chi connectivity index (χ3v) is 3.32. The molecule has 0 saturated heterocycles. The highest BCUT2D eigenvalue weighted by Gasteiger charge is 2.11. The molecule has 0 unspecified atom stereocenters. The van der Waals surface area contributed by atoms with Crippen LogP contribution in [0, 0.1) is 0 Å². The SMILES string of the molecule is NC(=O)c1ccc(-c2ccccc2)c(Oc2ccccc2)c1. The second-order valence-electron chi connectivity index (χ2n) is 4.86. The van der Waals surface area contributed by atoms with Gasteiger partial charge >= 0.3 is 0 Å². The van der Waals surface area contributed by atoms with Crippen LogP contribution in [-0.2, 0) is 0 Å². The Bertz CT molecular complexity index is 783. The van der Waals surface area contributed by atoms with Gasteiger partial charge in [-0.1, -0.05) is 48.5 Å². The summed E-state index contributed by atoms with van der Waals surface area (Å²) in [4.78, 5) is 11.4. The van der Waals surface area contributed by atoms with Gasteiger partial charge in [-0.15, -0.1) is 0 Å². The zero-order valence-corrected chi connectivity index (χ0v) is 11.9. The Kier molecular flexibility index (Phi) is 3.88. The summed E-state index contributed by atoms with van der Waals surface area (Å²) >= 11 is 0. The molecule has 1 amide bonds. The quantitative estimate of drug-likeness (QED) is 0.780. The molecule has 0 aliphatic rings. The predicted octanol–water partition coefficient (Wildman–Crippen LogP) is 4.24. The maximum atomic E-state index is 11.4. The smallest absolute Gasteiger partial charge is 0.248 e. The van der Waals surface area contributed by atoms with E-state index in [1.807, 2.05) is 66.7 Å².